The van der Waals surface area contributed by atoms with E-state index < -0.39 is 5.97 Å². The van der Waals surface area contributed by atoms with Gasteiger partial charge >= 0.3 is 0 Å². The molecule has 1 aliphatic rings. The van der Waals surface area contributed by atoms with Crippen LogP contribution in [0.3, 0.4) is 0 Å². The van der Waals surface area contributed by atoms with Crippen molar-refractivity contribution in [3.05, 3.63) is 29.0 Å². The number of aromatic nitrogens is 2. The maximum atomic E-state index is 10.2. The van der Waals surface area contributed by atoms with Crippen LogP contribution < -0.4 is 16.0 Å². The Kier molecular flexibility index (Phi) is 2.90. The van der Waals surface area contributed by atoms with Gasteiger partial charge < -0.3 is 10.4 Å². The summed E-state index contributed by atoms with van der Waals surface area (Å²) in [5.41, 5.74) is 2.30. The van der Waals surface area contributed by atoms with Crippen LogP contribution in [0, 0.1) is 0 Å². The predicted molar refractivity (Wildman–Crippen MR) is 71.8 cm³/mol. The Balaban J connectivity index is 1.99. The predicted octanol–water partition coefficient (Wildman–Crippen LogP) is 0.601. The summed E-state index contributed by atoms with van der Waals surface area (Å²) in [6, 6.07) is 3.70. The van der Waals surface area contributed by atoms with Gasteiger partial charge in [-0.25, -0.2) is 0 Å². The third kappa shape index (κ3) is 2.05. The standard InChI is InChI=1S/C11H12BrN5O/c12-9-7(17-11(18)15-5-6-16-11)1-2-8-10(9)14-4-3-13-8/h1-4,15-18H,5-6H2. The number of fused-ring (bicyclic) bond motifs is 1. The average Bonchev–Trinajstić information content (AvgIpc) is 2.80. The van der Waals surface area contributed by atoms with E-state index in [0.29, 0.717) is 13.1 Å². The zero-order valence-electron chi connectivity index (χ0n) is 9.44. The molecule has 1 aromatic heterocycles. The van der Waals surface area contributed by atoms with Gasteiger partial charge in [0, 0.05) is 25.5 Å². The van der Waals surface area contributed by atoms with E-state index in [0.717, 1.165) is 21.2 Å². The minimum atomic E-state index is -1.28. The molecule has 94 valence electrons. The largest absolute Gasteiger partial charge is 0.346 e. The summed E-state index contributed by atoms with van der Waals surface area (Å²) in [7, 11) is 0. The fourth-order valence-corrected chi connectivity index (χ4v) is 2.47. The number of anilines is 1. The first-order chi connectivity index (χ1) is 8.68. The molecule has 1 fully saturated rings. The van der Waals surface area contributed by atoms with Gasteiger partial charge in [-0.15, -0.1) is 0 Å². The van der Waals surface area contributed by atoms with Gasteiger partial charge in [0.2, 0.25) is 0 Å². The van der Waals surface area contributed by atoms with Crippen molar-refractivity contribution in [2.45, 2.75) is 5.97 Å². The summed E-state index contributed by atoms with van der Waals surface area (Å²) in [4.78, 5) is 8.49. The van der Waals surface area contributed by atoms with Crippen LogP contribution in [-0.2, 0) is 0 Å². The van der Waals surface area contributed by atoms with E-state index >= 15 is 0 Å². The monoisotopic (exact) mass is 309 g/mol. The molecule has 1 saturated heterocycles. The molecule has 0 atom stereocenters. The molecule has 0 bridgehead atoms. The quantitative estimate of drug-likeness (QED) is 0.608. The highest BCUT2D eigenvalue weighted by Gasteiger charge is 2.30. The van der Waals surface area contributed by atoms with Crippen LogP contribution in [0.4, 0.5) is 5.69 Å². The van der Waals surface area contributed by atoms with Crippen LogP contribution in [0.15, 0.2) is 29.0 Å². The lowest BCUT2D eigenvalue weighted by Crippen LogP contribution is -2.55. The first kappa shape index (κ1) is 11.8. The van der Waals surface area contributed by atoms with E-state index in [-0.39, 0.29) is 0 Å². The molecule has 0 aliphatic carbocycles. The number of hydrogen-bond acceptors (Lipinski definition) is 6. The zero-order valence-corrected chi connectivity index (χ0v) is 11.0. The Morgan fingerprint density at radius 2 is 1.94 bits per heavy atom. The number of benzene rings is 1. The number of nitrogens with zero attached hydrogens (tertiary/aromatic N) is 2. The van der Waals surface area contributed by atoms with E-state index in [1.807, 2.05) is 12.1 Å². The fourth-order valence-electron chi connectivity index (χ4n) is 1.93. The number of halogens is 1. The van der Waals surface area contributed by atoms with E-state index in [1.54, 1.807) is 12.4 Å². The highest BCUT2D eigenvalue weighted by molar-refractivity contribution is 9.10. The average molecular weight is 310 g/mol. The summed E-state index contributed by atoms with van der Waals surface area (Å²) in [5.74, 6) is -1.28. The molecule has 1 aromatic carbocycles. The number of nitrogens with one attached hydrogen (secondary N) is 3. The lowest BCUT2D eigenvalue weighted by Gasteiger charge is -2.26. The van der Waals surface area contributed by atoms with E-state index in [1.165, 1.54) is 0 Å². The number of hydrogen-bond donors (Lipinski definition) is 4. The zero-order chi connectivity index (χ0) is 12.6. The second kappa shape index (κ2) is 4.43. The van der Waals surface area contributed by atoms with Crippen molar-refractivity contribution in [3.63, 3.8) is 0 Å². The van der Waals surface area contributed by atoms with E-state index in [9.17, 15) is 5.11 Å². The highest BCUT2D eigenvalue weighted by atomic mass is 79.9. The second-order valence-electron chi connectivity index (χ2n) is 4.04. The Morgan fingerprint density at radius 3 is 2.72 bits per heavy atom. The van der Waals surface area contributed by atoms with Gasteiger partial charge in [0.1, 0.15) is 5.52 Å². The normalized spacial score (nSPS) is 18.1. The Labute approximate surface area is 112 Å². The van der Waals surface area contributed by atoms with Crippen molar-refractivity contribution < 1.29 is 5.11 Å². The third-order valence-corrected chi connectivity index (χ3v) is 3.58. The minimum Gasteiger partial charge on any atom is -0.346 e. The van der Waals surface area contributed by atoms with Gasteiger partial charge in [-0.1, -0.05) is 0 Å². The number of aliphatic hydroxyl groups is 1. The molecule has 1 aliphatic heterocycles. The van der Waals surface area contributed by atoms with Crippen LogP contribution in [0.2, 0.25) is 0 Å². The lowest BCUT2D eigenvalue weighted by atomic mass is 10.2. The topological polar surface area (TPSA) is 82.1 Å². The van der Waals surface area contributed by atoms with Gasteiger partial charge in [-0.3, -0.25) is 20.6 Å². The van der Waals surface area contributed by atoms with Gasteiger partial charge in [0.15, 0.2) is 0 Å². The molecule has 2 heterocycles. The summed E-state index contributed by atoms with van der Waals surface area (Å²) in [5, 5.41) is 19.0. The Bertz CT molecular complexity index is 585. The lowest BCUT2D eigenvalue weighted by molar-refractivity contribution is 0.0321. The molecular formula is C11H12BrN5O. The molecule has 18 heavy (non-hydrogen) atoms. The maximum absolute atomic E-state index is 10.2. The van der Waals surface area contributed by atoms with Crippen LogP contribution >= 0.6 is 15.9 Å². The van der Waals surface area contributed by atoms with Crippen molar-refractivity contribution in [2.24, 2.45) is 0 Å². The number of rotatable bonds is 2. The summed E-state index contributed by atoms with van der Waals surface area (Å²) in [6.45, 7) is 1.41. The van der Waals surface area contributed by atoms with Crippen LogP contribution in [0.25, 0.3) is 11.0 Å². The molecule has 0 radical (unpaired) electrons. The van der Waals surface area contributed by atoms with Crippen LogP contribution in [-0.4, -0.2) is 34.1 Å². The summed E-state index contributed by atoms with van der Waals surface area (Å²) in [6.07, 6.45) is 3.28. The molecule has 0 spiro atoms. The first-order valence-corrected chi connectivity index (χ1v) is 6.37. The van der Waals surface area contributed by atoms with Crippen molar-refractivity contribution >= 4 is 32.7 Å². The molecule has 4 N–H and O–H groups in total. The van der Waals surface area contributed by atoms with Crippen LogP contribution in [0.5, 0.6) is 0 Å². The molecule has 3 rings (SSSR count). The second-order valence-corrected chi connectivity index (χ2v) is 4.83. The first-order valence-electron chi connectivity index (χ1n) is 5.58. The summed E-state index contributed by atoms with van der Waals surface area (Å²) < 4.78 is 0.775. The van der Waals surface area contributed by atoms with Crippen molar-refractivity contribution in [1.29, 1.82) is 0 Å². The molecule has 7 heteroatoms. The third-order valence-electron chi connectivity index (χ3n) is 2.78. The van der Waals surface area contributed by atoms with Gasteiger partial charge in [-0.2, -0.15) is 0 Å². The Hall–Kier alpha value is -1.28. The van der Waals surface area contributed by atoms with Crippen molar-refractivity contribution in [3.8, 4) is 0 Å². The van der Waals surface area contributed by atoms with E-state index in [2.05, 4.69) is 41.8 Å². The molecule has 2 aromatic rings. The smallest absolute Gasteiger partial charge is 0.255 e. The van der Waals surface area contributed by atoms with Crippen LogP contribution in [0.1, 0.15) is 0 Å². The van der Waals surface area contributed by atoms with E-state index in [4.69, 9.17) is 0 Å². The fraction of sp³-hybridized carbons (Fsp3) is 0.273. The van der Waals surface area contributed by atoms with Gasteiger partial charge in [0.05, 0.1) is 15.7 Å². The summed E-state index contributed by atoms with van der Waals surface area (Å²) >= 11 is 3.48. The highest BCUT2D eigenvalue weighted by Crippen LogP contribution is 2.30. The van der Waals surface area contributed by atoms with Gasteiger partial charge in [0.25, 0.3) is 5.97 Å². The minimum absolute atomic E-state index is 0.703. The molecular weight excluding hydrogens is 298 g/mol. The molecule has 6 nitrogen and oxygen atoms in total. The molecule has 0 amide bonds. The molecule has 0 saturated carbocycles. The maximum Gasteiger partial charge on any atom is 0.255 e. The molecule has 0 unspecified atom stereocenters. The van der Waals surface area contributed by atoms with Crippen molar-refractivity contribution in [1.82, 2.24) is 20.6 Å². The Morgan fingerprint density at radius 1 is 1.22 bits per heavy atom. The van der Waals surface area contributed by atoms with Gasteiger partial charge in [-0.05, 0) is 28.1 Å². The SMILES string of the molecule is OC1(Nc2ccc3nccnc3c2Br)NCCN1. The van der Waals surface area contributed by atoms with Crippen molar-refractivity contribution in [2.75, 3.05) is 18.4 Å².